The molecule has 2 heterocycles. The first-order valence-electron chi connectivity index (χ1n) is 8.37. The number of H-pyrrole nitrogens is 1. The van der Waals surface area contributed by atoms with Crippen molar-refractivity contribution >= 4 is 52.4 Å². The number of nitrogens with one attached hydrogen (secondary N) is 2. The molecule has 1 atom stereocenters. The number of hydrogen-bond donors (Lipinski definition) is 4. The topological polar surface area (TPSA) is 156 Å². The van der Waals surface area contributed by atoms with Crippen LogP contribution in [0.1, 0.15) is 12.5 Å². The summed E-state index contributed by atoms with van der Waals surface area (Å²) in [6.07, 6.45) is 0. The first-order valence-corrected chi connectivity index (χ1v) is 9.74. The Bertz CT molecular complexity index is 1130. The van der Waals surface area contributed by atoms with Gasteiger partial charge in [-0.05, 0) is 17.7 Å². The molecule has 1 unspecified atom stereocenters. The third-order valence-corrected chi connectivity index (χ3v) is 5.22. The van der Waals surface area contributed by atoms with Crippen molar-refractivity contribution in [3.63, 3.8) is 0 Å². The van der Waals surface area contributed by atoms with Gasteiger partial charge in [0.05, 0.1) is 6.54 Å². The number of aromatic nitrogens is 4. The Morgan fingerprint density at radius 1 is 1.34 bits per heavy atom. The van der Waals surface area contributed by atoms with Crippen molar-refractivity contribution in [1.29, 1.82) is 0 Å². The number of nitrogens with zero attached hydrogens (tertiary/aromatic N) is 3. The lowest BCUT2D eigenvalue weighted by molar-refractivity contribution is -0.140. The molecule has 10 nitrogen and oxygen atoms in total. The predicted octanol–water partition coefficient (Wildman–Crippen LogP) is 1.08. The van der Waals surface area contributed by atoms with Crippen LogP contribution in [-0.2, 0) is 16.1 Å². The molecule has 0 radical (unpaired) electrons. The van der Waals surface area contributed by atoms with Gasteiger partial charge in [-0.15, -0.1) is 0 Å². The second-order valence-corrected chi connectivity index (χ2v) is 7.56. The van der Waals surface area contributed by atoms with Gasteiger partial charge in [-0.1, -0.05) is 35.5 Å². The standard InChI is InChI=1S/C17H17ClN6O4S/c1-8(25)20-11(15(27)28)7-29-17-21-12-13(22-16(19)23-14(12)26)24(17)6-9-2-4-10(18)5-3-9/h2-5,11H,6-7H2,1H3,(H,20,25)(H,27,28)(H3,19,22,23,26). The monoisotopic (exact) mass is 436 g/mol. The fraction of sp³-hybridized carbons (Fsp3) is 0.235. The van der Waals surface area contributed by atoms with E-state index in [9.17, 15) is 19.5 Å². The van der Waals surface area contributed by atoms with Crippen LogP contribution >= 0.6 is 23.4 Å². The van der Waals surface area contributed by atoms with Crippen LogP contribution in [0, 0.1) is 0 Å². The highest BCUT2D eigenvalue weighted by Gasteiger charge is 2.22. The highest BCUT2D eigenvalue weighted by atomic mass is 35.5. The molecule has 0 saturated carbocycles. The Kier molecular flexibility index (Phi) is 6.09. The summed E-state index contributed by atoms with van der Waals surface area (Å²) in [6.45, 7) is 1.55. The van der Waals surface area contributed by atoms with E-state index in [0.29, 0.717) is 16.7 Å². The van der Waals surface area contributed by atoms with Crippen molar-refractivity contribution < 1.29 is 14.7 Å². The van der Waals surface area contributed by atoms with Crippen LogP contribution in [0.25, 0.3) is 11.2 Å². The van der Waals surface area contributed by atoms with Gasteiger partial charge >= 0.3 is 5.97 Å². The average Bonchev–Trinajstić information content (AvgIpc) is 2.98. The van der Waals surface area contributed by atoms with Gasteiger partial charge in [-0.2, -0.15) is 4.98 Å². The van der Waals surface area contributed by atoms with E-state index in [4.69, 9.17) is 17.3 Å². The third-order valence-electron chi connectivity index (χ3n) is 3.90. The van der Waals surface area contributed by atoms with E-state index in [1.807, 2.05) is 12.1 Å². The van der Waals surface area contributed by atoms with Crippen LogP contribution in [0.3, 0.4) is 0 Å². The predicted molar refractivity (Wildman–Crippen MR) is 109 cm³/mol. The van der Waals surface area contributed by atoms with E-state index in [1.165, 1.54) is 6.92 Å². The van der Waals surface area contributed by atoms with E-state index in [0.717, 1.165) is 17.3 Å². The number of anilines is 1. The van der Waals surface area contributed by atoms with Crippen LogP contribution in [-0.4, -0.2) is 48.3 Å². The lowest BCUT2D eigenvalue weighted by Crippen LogP contribution is -2.41. The molecule has 0 bridgehead atoms. The molecule has 1 aromatic carbocycles. The molecule has 3 aromatic rings. The van der Waals surface area contributed by atoms with Crippen molar-refractivity contribution in [3.05, 3.63) is 45.2 Å². The lowest BCUT2D eigenvalue weighted by Gasteiger charge is -2.13. The largest absolute Gasteiger partial charge is 0.480 e. The normalized spacial score (nSPS) is 12.1. The molecule has 0 aliphatic carbocycles. The molecule has 0 spiro atoms. The number of nitrogens with two attached hydrogens (primary N) is 1. The number of carbonyl (C=O) groups excluding carboxylic acids is 1. The highest BCUT2D eigenvalue weighted by Crippen LogP contribution is 2.24. The van der Waals surface area contributed by atoms with E-state index >= 15 is 0 Å². The zero-order chi connectivity index (χ0) is 21.1. The molecule has 0 aliphatic rings. The first kappa shape index (κ1) is 20.7. The number of rotatable bonds is 7. The van der Waals surface area contributed by atoms with Crippen LogP contribution in [0.5, 0.6) is 0 Å². The maximum atomic E-state index is 12.2. The number of benzene rings is 1. The van der Waals surface area contributed by atoms with Gasteiger partial charge in [0.2, 0.25) is 11.9 Å². The molecular weight excluding hydrogens is 420 g/mol. The van der Waals surface area contributed by atoms with E-state index in [1.54, 1.807) is 16.7 Å². The molecule has 12 heteroatoms. The van der Waals surface area contributed by atoms with Gasteiger partial charge in [0.1, 0.15) is 6.04 Å². The number of carboxylic acids is 1. The summed E-state index contributed by atoms with van der Waals surface area (Å²) >= 11 is 7.01. The molecule has 0 saturated heterocycles. The minimum Gasteiger partial charge on any atom is -0.480 e. The minimum absolute atomic E-state index is 0.00619. The number of hydrogen-bond acceptors (Lipinski definition) is 7. The molecule has 0 aliphatic heterocycles. The number of carbonyl (C=O) groups is 2. The van der Waals surface area contributed by atoms with Gasteiger partial charge in [-0.3, -0.25) is 19.1 Å². The van der Waals surface area contributed by atoms with E-state index < -0.39 is 23.5 Å². The van der Waals surface area contributed by atoms with Gasteiger partial charge in [-0.25, -0.2) is 9.78 Å². The summed E-state index contributed by atoms with van der Waals surface area (Å²) in [6, 6.07) is 5.98. The van der Waals surface area contributed by atoms with Crippen molar-refractivity contribution in [2.45, 2.75) is 24.7 Å². The summed E-state index contributed by atoms with van der Waals surface area (Å²) < 4.78 is 1.67. The quantitative estimate of drug-likeness (QED) is 0.401. The number of imidazole rings is 1. The van der Waals surface area contributed by atoms with Crippen LogP contribution in [0.4, 0.5) is 5.95 Å². The Hall–Kier alpha value is -3.05. The zero-order valence-corrected chi connectivity index (χ0v) is 16.8. The van der Waals surface area contributed by atoms with E-state index in [-0.39, 0.29) is 22.9 Å². The van der Waals surface area contributed by atoms with Crippen molar-refractivity contribution in [2.24, 2.45) is 0 Å². The Balaban J connectivity index is 1.99. The van der Waals surface area contributed by atoms with Crippen LogP contribution in [0.2, 0.25) is 5.02 Å². The molecule has 152 valence electrons. The summed E-state index contributed by atoms with van der Waals surface area (Å²) in [5.41, 5.74) is 6.40. The zero-order valence-electron chi connectivity index (χ0n) is 15.2. The summed E-state index contributed by atoms with van der Waals surface area (Å²) in [5, 5.41) is 12.6. The summed E-state index contributed by atoms with van der Waals surface area (Å²) in [5.74, 6) is -1.68. The number of halogens is 1. The van der Waals surface area contributed by atoms with Gasteiger partial charge in [0.25, 0.3) is 5.56 Å². The SMILES string of the molecule is CC(=O)NC(CSc1nc2c(=O)[nH]c(N)nc2n1Cc1ccc(Cl)cc1)C(=O)O. The molecule has 2 aromatic heterocycles. The van der Waals surface area contributed by atoms with Crippen molar-refractivity contribution in [2.75, 3.05) is 11.5 Å². The summed E-state index contributed by atoms with van der Waals surface area (Å²) in [4.78, 5) is 45.7. The van der Waals surface area contributed by atoms with Gasteiger partial charge < -0.3 is 16.2 Å². The molecule has 0 fully saturated rings. The molecule has 3 rings (SSSR count). The fourth-order valence-electron chi connectivity index (χ4n) is 2.61. The number of fused-ring (bicyclic) bond motifs is 1. The summed E-state index contributed by atoms with van der Waals surface area (Å²) in [7, 11) is 0. The number of nitrogen functional groups attached to an aromatic ring is 1. The van der Waals surface area contributed by atoms with Crippen molar-refractivity contribution in [3.8, 4) is 0 Å². The maximum Gasteiger partial charge on any atom is 0.327 e. The number of aliphatic carboxylic acids is 1. The van der Waals surface area contributed by atoms with Crippen molar-refractivity contribution in [1.82, 2.24) is 24.8 Å². The molecule has 1 amide bonds. The van der Waals surface area contributed by atoms with Crippen LogP contribution < -0.4 is 16.6 Å². The average molecular weight is 437 g/mol. The second-order valence-electron chi connectivity index (χ2n) is 6.13. The Morgan fingerprint density at radius 3 is 2.66 bits per heavy atom. The smallest absolute Gasteiger partial charge is 0.327 e. The number of carboxylic acid groups (broad SMARTS) is 1. The molecule has 29 heavy (non-hydrogen) atoms. The Labute approximate surface area is 173 Å². The van der Waals surface area contributed by atoms with Crippen LogP contribution in [0.15, 0.2) is 34.2 Å². The second kappa shape index (κ2) is 8.53. The highest BCUT2D eigenvalue weighted by molar-refractivity contribution is 7.99. The number of aromatic amines is 1. The molecular formula is C17H17ClN6O4S. The number of amides is 1. The first-order chi connectivity index (χ1) is 13.7. The fourth-order valence-corrected chi connectivity index (χ4v) is 3.74. The Morgan fingerprint density at radius 2 is 2.03 bits per heavy atom. The maximum absolute atomic E-state index is 12.2. The minimum atomic E-state index is -1.17. The van der Waals surface area contributed by atoms with Gasteiger partial charge in [0.15, 0.2) is 16.3 Å². The van der Waals surface area contributed by atoms with E-state index in [2.05, 4.69) is 20.3 Å². The molecule has 5 N–H and O–H groups in total. The number of thioether (sulfide) groups is 1. The lowest BCUT2D eigenvalue weighted by atomic mass is 10.2. The van der Waals surface area contributed by atoms with Gasteiger partial charge in [0, 0.05) is 17.7 Å². The third kappa shape index (κ3) is 4.87.